The molecule has 26 heavy (non-hydrogen) atoms. The van der Waals surface area contributed by atoms with Crippen molar-refractivity contribution in [2.24, 2.45) is 0 Å². The Balaban J connectivity index is 1.50. The lowest BCUT2D eigenvalue weighted by Crippen LogP contribution is -2.27. The van der Waals surface area contributed by atoms with E-state index in [0.717, 1.165) is 43.8 Å². The van der Waals surface area contributed by atoms with Crippen molar-refractivity contribution in [1.29, 1.82) is 0 Å². The van der Waals surface area contributed by atoms with Gasteiger partial charge in [-0.25, -0.2) is 0 Å². The molecule has 0 aromatic heterocycles. The summed E-state index contributed by atoms with van der Waals surface area (Å²) in [5.74, 6) is 0.00562. The molecule has 1 aliphatic rings. The molecule has 0 aliphatic carbocycles. The third-order valence-corrected chi connectivity index (χ3v) is 4.82. The Kier molecular flexibility index (Phi) is 6.29. The molecule has 2 aromatic rings. The monoisotopic (exact) mass is 370 g/mol. The van der Waals surface area contributed by atoms with Gasteiger partial charge in [0, 0.05) is 35.8 Å². The van der Waals surface area contributed by atoms with Crippen molar-refractivity contribution in [2.45, 2.75) is 32.1 Å². The number of hydrogen-bond donors (Lipinski definition) is 1. The fourth-order valence-electron chi connectivity index (χ4n) is 3.16. The van der Waals surface area contributed by atoms with Gasteiger partial charge in [0.05, 0.1) is 0 Å². The lowest BCUT2D eigenvalue weighted by Gasteiger charge is -2.15. The molecular weight excluding hydrogens is 348 g/mol. The SMILES string of the molecule is O=C(CCCc1ccc(Cl)cc1)Nc1cccc(C(=O)N2CCCC2)c1. The van der Waals surface area contributed by atoms with Crippen LogP contribution < -0.4 is 5.32 Å². The maximum absolute atomic E-state index is 12.4. The largest absolute Gasteiger partial charge is 0.339 e. The first-order valence-electron chi connectivity index (χ1n) is 9.05. The van der Waals surface area contributed by atoms with Gasteiger partial charge < -0.3 is 10.2 Å². The maximum Gasteiger partial charge on any atom is 0.253 e. The van der Waals surface area contributed by atoms with E-state index in [0.29, 0.717) is 17.7 Å². The van der Waals surface area contributed by atoms with Gasteiger partial charge in [-0.2, -0.15) is 0 Å². The van der Waals surface area contributed by atoms with Crippen molar-refractivity contribution >= 4 is 29.1 Å². The molecule has 0 spiro atoms. The molecule has 0 unspecified atom stereocenters. The smallest absolute Gasteiger partial charge is 0.253 e. The lowest BCUT2D eigenvalue weighted by molar-refractivity contribution is -0.116. The fourth-order valence-corrected chi connectivity index (χ4v) is 3.29. The Morgan fingerprint density at radius 3 is 2.50 bits per heavy atom. The molecule has 0 bridgehead atoms. The van der Waals surface area contributed by atoms with E-state index in [4.69, 9.17) is 11.6 Å². The van der Waals surface area contributed by atoms with Gasteiger partial charge in [0.1, 0.15) is 0 Å². The van der Waals surface area contributed by atoms with E-state index >= 15 is 0 Å². The second-order valence-electron chi connectivity index (χ2n) is 6.61. The van der Waals surface area contributed by atoms with Crippen molar-refractivity contribution in [1.82, 2.24) is 4.90 Å². The summed E-state index contributed by atoms with van der Waals surface area (Å²) >= 11 is 5.87. The summed E-state index contributed by atoms with van der Waals surface area (Å²) in [6.07, 6.45) is 4.16. The van der Waals surface area contributed by atoms with Crippen LogP contribution in [0.15, 0.2) is 48.5 Å². The quantitative estimate of drug-likeness (QED) is 0.811. The Bertz CT molecular complexity index is 768. The summed E-state index contributed by atoms with van der Waals surface area (Å²) in [4.78, 5) is 26.5. The van der Waals surface area contributed by atoms with Crippen molar-refractivity contribution in [3.8, 4) is 0 Å². The normalized spacial score (nSPS) is 13.7. The van der Waals surface area contributed by atoms with Gasteiger partial charge in [-0.3, -0.25) is 9.59 Å². The highest BCUT2D eigenvalue weighted by Gasteiger charge is 2.19. The van der Waals surface area contributed by atoms with Crippen LogP contribution in [0, 0.1) is 0 Å². The molecule has 4 nitrogen and oxygen atoms in total. The second kappa shape index (κ2) is 8.86. The second-order valence-corrected chi connectivity index (χ2v) is 7.04. The number of nitrogens with one attached hydrogen (secondary N) is 1. The first-order chi connectivity index (χ1) is 12.6. The lowest BCUT2D eigenvalue weighted by atomic mass is 10.1. The van der Waals surface area contributed by atoms with Crippen LogP contribution in [0.25, 0.3) is 0 Å². The van der Waals surface area contributed by atoms with Crippen LogP contribution in [-0.4, -0.2) is 29.8 Å². The number of halogens is 1. The Morgan fingerprint density at radius 1 is 1.04 bits per heavy atom. The average Bonchev–Trinajstić information content (AvgIpc) is 3.18. The Hall–Kier alpha value is -2.33. The molecule has 3 rings (SSSR count). The molecule has 1 N–H and O–H groups in total. The van der Waals surface area contributed by atoms with Crippen LogP contribution in [0.4, 0.5) is 5.69 Å². The minimum absolute atomic E-state index is 0.0373. The van der Waals surface area contributed by atoms with Gasteiger partial charge in [-0.1, -0.05) is 29.8 Å². The van der Waals surface area contributed by atoms with Gasteiger partial charge in [0.25, 0.3) is 5.91 Å². The third-order valence-electron chi connectivity index (χ3n) is 4.57. The number of anilines is 1. The molecular formula is C21H23ClN2O2. The van der Waals surface area contributed by atoms with Crippen LogP contribution >= 0.6 is 11.6 Å². The highest BCUT2D eigenvalue weighted by atomic mass is 35.5. The van der Waals surface area contributed by atoms with Crippen molar-refractivity contribution < 1.29 is 9.59 Å². The highest BCUT2D eigenvalue weighted by Crippen LogP contribution is 2.17. The van der Waals surface area contributed by atoms with Gasteiger partial charge in [0.15, 0.2) is 0 Å². The van der Waals surface area contributed by atoms with E-state index in [9.17, 15) is 9.59 Å². The molecule has 1 saturated heterocycles. The number of amides is 2. The topological polar surface area (TPSA) is 49.4 Å². The van der Waals surface area contributed by atoms with Crippen LogP contribution in [0.1, 0.15) is 41.6 Å². The summed E-state index contributed by atoms with van der Waals surface area (Å²) in [6, 6.07) is 14.9. The van der Waals surface area contributed by atoms with Gasteiger partial charge in [0.2, 0.25) is 5.91 Å². The summed E-state index contributed by atoms with van der Waals surface area (Å²) in [6.45, 7) is 1.64. The molecule has 136 valence electrons. The zero-order valence-corrected chi connectivity index (χ0v) is 15.5. The molecule has 1 heterocycles. The van der Waals surface area contributed by atoms with Gasteiger partial charge >= 0.3 is 0 Å². The summed E-state index contributed by atoms with van der Waals surface area (Å²) < 4.78 is 0. The van der Waals surface area contributed by atoms with E-state index < -0.39 is 0 Å². The number of nitrogens with zero attached hydrogens (tertiary/aromatic N) is 1. The first-order valence-corrected chi connectivity index (χ1v) is 9.43. The number of hydrogen-bond acceptors (Lipinski definition) is 2. The molecule has 1 aliphatic heterocycles. The number of benzene rings is 2. The van der Waals surface area contributed by atoms with E-state index in [2.05, 4.69) is 5.32 Å². The number of rotatable bonds is 6. The van der Waals surface area contributed by atoms with E-state index in [1.165, 1.54) is 5.56 Å². The summed E-state index contributed by atoms with van der Waals surface area (Å²) in [5.41, 5.74) is 2.47. The van der Waals surface area contributed by atoms with E-state index in [1.54, 1.807) is 12.1 Å². The van der Waals surface area contributed by atoms with Crippen LogP contribution in [0.3, 0.4) is 0 Å². The number of carbonyl (C=O) groups excluding carboxylic acids is 2. The van der Waals surface area contributed by atoms with E-state index in [1.807, 2.05) is 41.3 Å². The van der Waals surface area contributed by atoms with Crippen LogP contribution in [-0.2, 0) is 11.2 Å². The number of likely N-dealkylation sites (tertiary alicyclic amines) is 1. The predicted molar refractivity (Wildman–Crippen MR) is 105 cm³/mol. The molecule has 1 fully saturated rings. The zero-order valence-electron chi connectivity index (χ0n) is 14.7. The third kappa shape index (κ3) is 5.09. The standard InChI is InChI=1S/C21H23ClN2O2/c22-18-11-9-16(10-12-18)5-3-8-20(25)23-19-7-4-6-17(15-19)21(26)24-13-1-2-14-24/h4,6-7,9-12,15H,1-3,5,8,13-14H2,(H,23,25). The molecule has 0 saturated carbocycles. The van der Waals surface area contributed by atoms with Gasteiger partial charge in [-0.05, 0) is 61.6 Å². The minimum Gasteiger partial charge on any atom is -0.339 e. The molecule has 0 radical (unpaired) electrons. The molecule has 2 aromatic carbocycles. The molecule has 2 amide bonds. The number of carbonyl (C=O) groups is 2. The van der Waals surface area contributed by atoms with Crippen molar-refractivity contribution in [3.63, 3.8) is 0 Å². The Morgan fingerprint density at radius 2 is 1.77 bits per heavy atom. The maximum atomic E-state index is 12.4. The summed E-state index contributed by atoms with van der Waals surface area (Å²) in [5, 5.41) is 3.61. The van der Waals surface area contributed by atoms with Crippen LogP contribution in [0.2, 0.25) is 5.02 Å². The average molecular weight is 371 g/mol. The van der Waals surface area contributed by atoms with E-state index in [-0.39, 0.29) is 11.8 Å². The van der Waals surface area contributed by atoms with Gasteiger partial charge in [-0.15, -0.1) is 0 Å². The first kappa shape index (κ1) is 18.5. The van der Waals surface area contributed by atoms with Crippen LogP contribution in [0.5, 0.6) is 0 Å². The number of aryl methyl sites for hydroxylation is 1. The Labute approximate surface area is 159 Å². The highest BCUT2D eigenvalue weighted by molar-refractivity contribution is 6.30. The van der Waals surface area contributed by atoms with Crippen molar-refractivity contribution in [3.05, 3.63) is 64.7 Å². The minimum atomic E-state index is -0.0373. The van der Waals surface area contributed by atoms with Crippen molar-refractivity contribution in [2.75, 3.05) is 18.4 Å². The zero-order chi connectivity index (χ0) is 18.4. The summed E-state index contributed by atoms with van der Waals surface area (Å²) in [7, 11) is 0. The fraction of sp³-hybridized carbons (Fsp3) is 0.333. The predicted octanol–water partition coefficient (Wildman–Crippen LogP) is 4.54. The molecule has 5 heteroatoms. The molecule has 0 atom stereocenters.